The van der Waals surface area contributed by atoms with Crippen LogP contribution in [0.2, 0.25) is 0 Å². The first-order valence-electron chi connectivity index (χ1n) is 24.1. The summed E-state index contributed by atoms with van der Waals surface area (Å²) in [7, 11) is 0. The second-order valence-corrected chi connectivity index (χ2v) is 19.7. The Morgan fingerprint density at radius 2 is 0.868 bits per heavy atom. The van der Waals surface area contributed by atoms with E-state index in [-0.39, 0.29) is 5.41 Å². The van der Waals surface area contributed by atoms with Crippen molar-refractivity contribution in [2.45, 2.75) is 42.9 Å². The maximum atomic E-state index is 6.82. The van der Waals surface area contributed by atoms with E-state index in [1.165, 1.54) is 77.9 Å². The molecule has 0 amide bonds. The number of fused-ring (bicyclic) bond motifs is 20. The molecule has 0 saturated carbocycles. The number of allylic oxidation sites excluding steroid dienone is 3. The fourth-order valence-electron chi connectivity index (χ4n) is 13.7. The third-order valence-electron chi connectivity index (χ3n) is 16.3. The molecular formula is C65H45NO2. The minimum absolute atomic E-state index is 0.198. The highest BCUT2D eigenvalue weighted by atomic mass is 16.5. The Balaban J connectivity index is 1.07. The summed E-state index contributed by atoms with van der Waals surface area (Å²) in [6, 6.07) is 74.7. The molecule has 322 valence electrons. The fourth-order valence-corrected chi connectivity index (χ4v) is 13.7. The van der Waals surface area contributed by atoms with E-state index in [0.29, 0.717) is 0 Å². The lowest BCUT2D eigenvalue weighted by Gasteiger charge is -2.42. The molecule has 0 saturated heterocycles. The summed E-state index contributed by atoms with van der Waals surface area (Å²) in [5.74, 6) is 3.67. The van der Waals surface area contributed by atoms with Crippen molar-refractivity contribution < 1.29 is 9.47 Å². The van der Waals surface area contributed by atoms with Crippen LogP contribution in [-0.2, 0) is 16.2 Å². The molecule has 3 heteroatoms. The molecule has 1 unspecified atom stereocenters. The molecule has 15 rings (SSSR count). The number of hydrogen-bond donors (Lipinski definition) is 0. The van der Waals surface area contributed by atoms with Gasteiger partial charge in [0.15, 0.2) is 0 Å². The topological polar surface area (TPSA) is 21.7 Å². The standard InChI is InChI=1S/C65H45NO2/c1-63(2)45-22-6-3-19-41(45)42-38-37-40(39-54(42)63)66(55-31-17-29-52-61(55)43-20-4-7-23-46(43)64(52)48-25-9-13-33-57(48)67-58-34-14-10-26-49(58)64)56-32-18-30-53-62(56)44-21-5-8-24-47(44)65(53)50-27-11-15-35-59(50)68-60-36-16-12-28-51(60)65/h3-11,13-27,29-39H,12,28H2,1-2H3. The number of hydrogen-bond acceptors (Lipinski definition) is 3. The summed E-state index contributed by atoms with van der Waals surface area (Å²) in [5, 5.41) is 0. The van der Waals surface area contributed by atoms with Gasteiger partial charge in [0.1, 0.15) is 23.0 Å². The second kappa shape index (κ2) is 13.5. The van der Waals surface area contributed by atoms with Gasteiger partial charge in [0, 0.05) is 38.9 Å². The van der Waals surface area contributed by atoms with E-state index < -0.39 is 10.8 Å². The van der Waals surface area contributed by atoms with Crippen molar-refractivity contribution in [3.05, 3.63) is 274 Å². The normalized spacial score (nSPS) is 18.1. The lowest BCUT2D eigenvalue weighted by atomic mass is 9.64. The van der Waals surface area contributed by atoms with E-state index in [1.807, 2.05) is 0 Å². The van der Waals surface area contributed by atoms with E-state index in [0.717, 1.165) is 64.0 Å². The largest absolute Gasteiger partial charge is 0.457 e. The summed E-state index contributed by atoms with van der Waals surface area (Å²) >= 11 is 0. The predicted octanol–water partition coefficient (Wildman–Crippen LogP) is 16.2. The molecule has 0 N–H and O–H groups in total. The van der Waals surface area contributed by atoms with Gasteiger partial charge in [0.05, 0.1) is 22.2 Å². The molecule has 2 aliphatic heterocycles. The highest BCUT2D eigenvalue weighted by Gasteiger charge is 2.55. The molecule has 0 radical (unpaired) electrons. The summed E-state index contributed by atoms with van der Waals surface area (Å²) in [4.78, 5) is 2.61. The van der Waals surface area contributed by atoms with Gasteiger partial charge in [-0.05, 0) is 123 Å². The average Bonchev–Trinajstić information content (AvgIpc) is 3.94. The molecule has 68 heavy (non-hydrogen) atoms. The number of rotatable bonds is 3. The van der Waals surface area contributed by atoms with Crippen LogP contribution in [0.15, 0.2) is 224 Å². The van der Waals surface area contributed by atoms with Crippen LogP contribution in [-0.4, -0.2) is 0 Å². The van der Waals surface area contributed by atoms with Crippen molar-refractivity contribution >= 4 is 17.1 Å². The Hall–Kier alpha value is -8.14. The Morgan fingerprint density at radius 3 is 1.50 bits per heavy atom. The van der Waals surface area contributed by atoms with Gasteiger partial charge >= 0.3 is 0 Å². The van der Waals surface area contributed by atoms with Crippen LogP contribution in [0.3, 0.4) is 0 Å². The van der Waals surface area contributed by atoms with Crippen molar-refractivity contribution in [3.8, 4) is 50.6 Å². The molecule has 0 bridgehead atoms. The zero-order valence-corrected chi connectivity index (χ0v) is 37.9. The van der Waals surface area contributed by atoms with Crippen molar-refractivity contribution in [2.75, 3.05) is 4.90 Å². The molecule has 4 aliphatic carbocycles. The van der Waals surface area contributed by atoms with Gasteiger partial charge in [-0.15, -0.1) is 0 Å². The van der Waals surface area contributed by atoms with E-state index >= 15 is 0 Å². The van der Waals surface area contributed by atoms with Crippen molar-refractivity contribution in [3.63, 3.8) is 0 Å². The van der Waals surface area contributed by atoms with Gasteiger partial charge in [0.2, 0.25) is 0 Å². The van der Waals surface area contributed by atoms with Crippen LogP contribution in [0, 0.1) is 0 Å². The lowest BCUT2D eigenvalue weighted by molar-refractivity contribution is 0.389. The third kappa shape index (κ3) is 4.59. The SMILES string of the molecule is CC1(C)c2ccccc2-c2ccc(N(c3cccc4c3-c3ccccc3C43C4=C(C=CCC4)Oc4ccccc43)c3cccc4c3-c3ccccc3C43c4ccccc4Oc4ccccc43)cc21. The smallest absolute Gasteiger partial charge is 0.132 e. The third-order valence-corrected chi connectivity index (χ3v) is 16.3. The molecular weight excluding hydrogens is 827 g/mol. The minimum atomic E-state index is -0.612. The summed E-state index contributed by atoms with van der Waals surface area (Å²) in [6.45, 7) is 4.78. The highest BCUT2D eigenvalue weighted by molar-refractivity contribution is 6.03. The van der Waals surface area contributed by atoms with Gasteiger partial charge in [-0.1, -0.05) is 178 Å². The first-order chi connectivity index (χ1) is 33.5. The molecule has 0 aromatic heterocycles. The number of para-hydroxylation sites is 3. The average molecular weight is 872 g/mol. The summed E-state index contributed by atoms with van der Waals surface area (Å²) in [6.07, 6.45) is 6.37. The van der Waals surface area contributed by atoms with Crippen molar-refractivity contribution in [1.29, 1.82) is 0 Å². The molecule has 6 aliphatic rings. The molecule has 1 atom stereocenters. The summed E-state index contributed by atoms with van der Waals surface area (Å²) < 4.78 is 13.6. The predicted molar refractivity (Wildman–Crippen MR) is 274 cm³/mol. The molecule has 9 aromatic carbocycles. The van der Waals surface area contributed by atoms with Crippen LogP contribution in [0.4, 0.5) is 17.1 Å². The highest BCUT2D eigenvalue weighted by Crippen LogP contribution is 2.67. The van der Waals surface area contributed by atoms with Gasteiger partial charge < -0.3 is 14.4 Å². The van der Waals surface area contributed by atoms with Gasteiger partial charge in [-0.2, -0.15) is 0 Å². The maximum Gasteiger partial charge on any atom is 0.132 e. The Morgan fingerprint density at radius 1 is 0.397 bits per heavy atom. The van der Waals surface area contributed by atoms with Gasteiger partial charge in [-0.3, -0.25) is 0 Å². The van der Waals surface area contributed by atoms with Crippen LogP contribution < -0.4 is 14.4 Å². The van der Waals surface area contributed by atoms with E-state index in [9.17, 15) is 0 Å². The quantitative estimate of drug-likeness (QED) is 0.177. The van der Waals surface area contributed by atoms with Gasteiger partial charge in [0.25, 0.3) is 0 Å². The van der Waals surface area contributed by atoms with Crippen molar-refractivity contribution in [1.82, 2.24) is 0 Å². The van der Waals surface area contributed by atoms with Gasteiger partial charge in [-0.25, -0.2) is 0 Å². The van der Waals surface area contributed by atoms with Crippen LogP contribution in [0.25, 0.3) is 33.4 Å². The Bertz CT molecular complexity index is 3710. The fraction of sp³-hybridized carbons (Fsp3) is 0.108. The number of anilines is 3. The van der Waals surface area contributed by atoms with Crippen molar-refractivity contribution in [2.24, 2.45) is 0 Å². The Labute approximate surface area is 396 Å². The number of nitrogens with zero attached hydrogens (tertiary/aromatic N) is 1. The second-order valence-electron chi connectivity index (χ2n) is 19.7. The number of ether oxygens (including phenoxy) is 2. The first kappa shape index (κ1) is 38.0. The number of benzene rings is 9. The van der Waals surface area contributed by atoms with E-state index in [2.05, 4.69) is 231 Å². The summed E-state index contributed by atoms with van der Waals surface area (Å²) in [5.41, 5.74) is 22.4. The maximum absolute atomic E-state index is 6.82. The molecule has 9 aromatic rings. The molecule has 2 heterocycles. The zero-order valence-electron chi connectivity index (χ0n) is 37.9. The monoisotopic (exact) mass is 871 g/mol. The lowest BCUT2D eigenvalue weighted by Crippen LogP contribution is -2.35. The molecule has 2 spiro atoms. The molecule has 3 nitrogen and oxygen atoms in total. The van der Waals surface area contributed by atoms with Crippen LogP contribution in [0.5, 0.6) is 17.2 Å². The van der Waals surface area contributed by atoms with Crippen LogP contribution >= 0.6 is 0 Å². The minimum Gasteiger partial charge on any atom is -0.457 e. The van der Waals surface area contributed by atoms with E-state index in [4.69, 9.17) is 9.47 Å². The Kier molecular flexibility index (Phi) is 7.54. The molecule has 0 fully saturated rings. The van der Waals surface area contributed by atoms with E-state index in [1.54, 1.807) is 0 Å². The first-order valence-corrected chi connectivity index (χ1v) is 24.1. The zero-order chi connectivity index (χ0) is 44.9. The van der Waals surface area contributed by atoms with Crippen LogP contribution in [0.1, 0.15) is 76.8 Å².